The van der Waals surface area contributed by atoms with E-state index in [1.807, 2.05) is 20.9 Å². The van der Waals surface area contributed by atoms with Crippen LogP contribution >= 0.6 is 15.9 Å². The molecule has 0 aromatic heterocycles. The van der Waals surface area contributed by atoms with Gasteiger partial charge in [0.2, 0.25) is 5.91 Å². The van der Waals surface area contributed by atoms with Crippen LogP contribution in [-0.4, -0.2) is 29.2 Å². The van der Waals surface area contributed by atoms with Gasteiger partial charge in [-0.2, -0.15) is 0 Å². The molecule has 0 heterocycles. The summed E-state index contributed by atoms with van der Waals surface area (Å²) >= 11 is 3.41. The summed E-state index contributed by atoms with van der Waals surface area (Å²) in [7, 11) is 1.86. The predicted octanol–water partition coefficient (Wildman–Crippen LogP) is 2.52. The fourth-order valence-corrected chi connectivity index (χ4v) is 1.48. The molecule has 0 saturated heterocycles. The maximum Gasteiger partial charge on any atom is 0.236 e. The van der Waals surface area contributed by atoms with Crippen LogP contribution in [0, 0.1) is 11.8 Å². The van der Waals surface area contributed by atoms with Crippen LogP contribution in [0.1, 0.15) is 27.7 Å². The van der Waals surface area contributed by atoms with Crippen molar-refractivity contribution in [3.8, 4) is 0 Å². The molecule has 0 aliphatic carbocycles. The molecule has 78 valence electrons. The van der Waals surface area contributed by atoms with Crippen molar-refractivity contribution >= 4 is 21.8 Å². The highest BCUT2D eigenvalue weighted by atomic mass is 79.9. The summed E-state index contributed by atoms with van der Waals surface area (Å²) in [6, 6.07) is 0. The summed E-state index contributed by atoms with van der Waals surface area (Å²) in [5.41, 5.74) is 0. The topological polar surface area (TPSA) is 20.3 Å². The number of nitrogens with zero attached hydrogens (tertiary/aromatic N) is 1. The van der Waals surface area contributed by atoms with Crippen LogP contribution in [0.4, 0.5) is 0 Å². The van der Waals surface area contributed by atoms with Crippen molar-refractivity contribution < 1.29 is 4.79 Å². The Morgan fingerprint density at radius 2 is 1.77 bits per heavy atom. The van der Waals surface area contributed by atoms with Crippen LogP contribution in [0.3, 0.4) is 0 Å². The van der Waals surface area contributed by atoms with Crippen LogP contribution in [0.15, 0.2) is 0 Å². The standard InChI is InChI=1S/C10H20BrNO/c1-7(2)6-12(5)10(13)9(11)8(3)4/h7-9H,6H2,1-5H3. The second-order valence-corrected chi connectivity index (χ2v) is 5.24. The van der Waals surface area contributed by atoms with E-state index in [2.05, 4.69) is 29.8 Å². The van der Waals surface area contributed by atoms with E-state index in [-0.39, 0.29) is 10.7 Å². The molecule has 0 aromatic rings. The van der Waals surface area contributed by atoms with Crippen LogP contribution in [0.5, 0.6) is 0 Å². The molecule has 1 atom stereocenters. The smallest absolute Gasteiger partial charge is 0.236 e. The maximum absolute atomic E-state index is 11.7. The van der Waals surface area contributed by atoms with Crippen molar-refractivity contribution in [3.63, 3.8) is 0 Å². The van der Waals surface area contributed by atoms with E-state index < -0.39 is 0 Å². The lowest BCUT2D eigenvalue weighted by atomic mass is 10.1. The number of alkyl halides is 1. The van der Waals surface area contributed by atoms with Gasteiger partial charge in [-0.3, -0.25) is 4.79 Å². The second kappa shape index (κ2) is 5.63. The van der Waals surface area contributed by atoms with Gasteiger partial charge >= 0.3 is 0 Å². The Morgan fingerprint density at radius 3 is 2.08 bits per heavy atom. The van der Waals surface area contributed by atoms with E-state index in [0.29, 0.717) is 11.8 Å². The van der Waals surface area contributed by atoms with Gasteiger partial charge in [0, 0.05) is 13.6 Å². The average molecular weight is 250 g/mol. The van der Waals surface area contributed by atoms with Gasteiger partial charge in [-0.15, -0.1) is 0 Å². The SMILES string of the molecule is CC(C)CN(C)C(=O)C(Br)C(C)C. The van der Waals surface area contributed by atoms with Crippen LogP contribution in [-0.2, 0) is 4.79 Å². The average Bonchev–Trinajstić information content (AvgIpc) is 2.00. The molecule has 0 spiro atoms. The molecule has 0 aromatic carbocycles. The van der Waals surface area contributed by atoms with E-state index in [0.717, 1.165) is 6.54 Å². The molecule has 1 unspecified atom stereocenters. The molecular formula is C10H20BrNO. The highest BCUT2D eigenvalue weighted by molar-refractivity contribution is 9.10. The van der Waals surface area contributed by atoms with Crippen molar-refractivity contribution in [2.75, 3.05) is 13.6 Å². The van der Waals surface area contributed by atoms with E-state index >= 15 is 0 Å². The van der Waals surface area contributed by atoms with Gasteiger partial charge in [0.15, 0.2) is 0 Å². The van der Waals surface area contributed by atoms with Gasteiger partial charge in [-0.1, -0.05) is 43.6 Å². The molecule has 0 N–H and O–H groups in total. The lowest BCUT2D eigenvalue weighted by Crippen LogP contribution is -2.37. The van der Waals surface area contributed by atoms with E-state index in [1.54, 1.807) is 4.90 Å². The van der Waals surface area contributed by atoms with Crippen molar-refractivity contribution in [2.24, 2.45) is 11.8 Å². The van der Waals surface area contributed by atoms with Crippen molar-refractivity contribution in [1.29, 1.82) is 0 Å². The van der Waals surface area contributed by atoms with Gasteiger partial charge in [-0.05, 0) is 11.8 Å². The normalized spacial score (nSPS) is 13.5. The van der Waals surface area contributed by atoms with Gasteiger partial charge in [0.05, 0.1) is 4.83 Å². The molecule has 2 nitrogen and oxygen atoms in total. The molecule has 3 heteroatoms. The summed E-state index contributed by atoms with van der Waals surface area (Å²) in [5.74, 6) is 1.06. The molecule has 0 rings (SSSR count). The molecule has 0 bridgehead atoms. The number of carbonyl (C=O) groups is 1. The fourth-order valence-electron chi connectivity index (χ4n) is 1.13. The number of rotatable bonds is 4. The Morgan fingerprint density at radius 1 is 1.31 bits per heavy atom. The molecule has 0 aliphatic rings. The number of hydrogen-bond acceptors (Lipinski definition) is 1. The van der Waals surface area contributed by atoms with Crippen LogP contribution in [0.2, 0.25) is 0 Å². The molecule has 0 aliphatic heterocycles. The van der Waals surface area contributed by atoms with E-state index in [9.17, 15) is 4.79 Å². The van der Waals surface area contributed by atoms with E-state index in [1.165, 1.54) is 0 Å². The first kappa shape index (κ1) is 12.9. The monoisotopic (exact) mass is 249 g/mol. The third kappa shape index (κ3) is 4.65. The minimum Gasteiger partial charge on any atom is -0.345 e. The first-order valence-corrected chi connectivity index (χ1v) is 5.66. The van der Waals surface area contributed by atoms with E-state index in [4.69, 9.17) is 0 Å². The van der Waals surface area contributed by atoms with Crippen LogP contribution in [0.25, 0.3) is 0 Å². The van der Waals surface area contributed by atoms with Gasteiger partial charge in [0.1, 0.15) is 0 Å². The lowest BCUT2D eigenvalue weighted by Gasteiger charge is -2.23. The minimum atomic E-state index is -0.0451. The van der Waals surface area contributed by atoms with Gasteiger partial charge in [-0.25, -0.2) is 0 Å². The quantitative estimate of drug-likeness (QED) is 0.702. The number of halogens is 1. The third-order valence-electron chi connectivity index (χ3n) is 1.84. The van der Waals surface area contributed by atoms with Crippen molar-refractivity contribution in [2.45, 2.75) is 32.5 Å². The summed E-state index contributed by atoms with van der Waals surface area (Å²) in [5, 5.41) is 0. The third-order valence-corrected chi connectivity index (χ3v) is 3.29. The maximum atomic E-state index is 11.7. The summed E-state index contributed by atoms with van der Waals surface area (Å²) < 4.78 is 0. The molecule has 1 amide bonds. The Bertz CT molecular complexity index is 168. The van der Waals surface area contributed by atoms with Crippen molar-refractivity contribution in [3.05, 3.63) is 0 Å². The highest BCUT2D eigenvalue weighted by Crippen LogP contribution is 2.14. The first-order valence-electron chi connectivity index (χ1n) is 4.75. The first-order chi connectivity index (χ1) is 5.86. The second-order valence-electron chi connectivity index (χ2n) is 4.26. The summed E-state index contributed by atoms with van der Waals surface area (Å²) in [6.07, 6.45) is 0. The minimum absolute atomic E-state index is 0.0451. The lowest BCUT2D eigenvalue weighted by molar-refractivity contribution is -0.130. The predicted molar refractivity (Wildman–Crippen MR) is 60.0 cm³/mol. The fraction of sp³-hybridized carbons (Fsp3) is 0.900. The van der Waals surface area contributed by atoms with Crippen LogP contribution < -0.4 is 0 Å². The van der Waals surface area contributed by atoms with Gasteiger partial charge in [0.25, 0.3) is 0 Å². The number of amides is 1. The zero-order valence-electron chi connectivity index (χ0n) is 9.17. The number of hydrogen-bond donors (Lipinski definition) is 0. The Hall–Kier alpha value is -0.0500. The molecule has 13 heavy (non-hydrogen) atoms. The Kier molecular flexibility index (Phi) is 5.61. The zero-order valence-corrected chi connectivity index (χ0v) is 10.8. The molecule has 0 radical (unpaired) electrons. The zero-order chi connectivity index (χ0) is 10.6. The molecular weight excluding hydrogens is 230 g/mol. The van der Waals surface area contributed by atoms with Crippen molar-refractivity contribution in [1.82, 2.24) is 4.90 Å². The summed E-state index contributed by atoms with van der Waals surface area (Å²) in [4.78, 5) is 13.4. The molecule has 0 saturated carbocycles. The largest absolute Gasteiger partial charge is 0.345 e. The Labute approximate surface area is 89.8 Å². The van der Waals surface area contributed by atoms with Gasteiger partial charge < -0.3 is 4.90 Å². The summed E-state index contributed by atoms with van der Waals surface area (Å²) in [6.45, 7) is 9.14. The molecule has 0 fully saturated rings. The Balaban J connectivity index is 4.09. The highest BCUT2D eigenvalue weighted by Gasteiger charge is 2.22. The number of carbonyl (C=O) groups excluding carboxylic acids is 1.